The minimum absolute atomic E-state index is 0.00601. The van der Waals surface area contributed by atoms with Gasteiger partial charge in [0.1, 0.15) is 10.1 Å². The van der Waals surface area contributed by atoms with E-state index in [1.165, 1.54) is 11.8 Å². The predicted octanol–water partition coefficient (Wildman–Crippen LogP) is 3.73. The zero-order chi connectivity index (χ0) is 14.8. The van der Waals surface area contributed by atoms with E-state index in [0.29, 0.717) is 21.5 Å². The van der Waals surface area contributed by atoms with Crippen LogP contribution in [0.5, 0.6) is 5.75 Å². The van der Waals surface area contributed by atoms with E-state index in [9.17, 15) is 4.79 Å². The molecule has 2 aromatic carbocycles. The third-order valence-corrected chi connectivity index (χ3v) is 4.63. The number of anilines is 1. The lowest BCUT2D eigenvalue weighted by molar-refractivity contribution is -0.115. The maximum absolute atomic E-state index is 12.1. The molecule has 2 aromatic rings. The number of hydrogen-bond donors (Lipinski definition) is 0. The first kappa shape index (κ1) is 14.1. The van der Waals surface area contributed by atoms with Gasteiger partial charge < -0.3 is 4.74 Å². The Morgan fingerprint density at radius 2 is 1.90 bits per heavy atom. The number of carbonyl (C=O) groups excluding carboxylic acids is 1. The Morgan fingerprint density at radius 3 is 2.52 bits per heavy atom. The van der Waals surface area contributed by atoms with Crippen molar-refractivity contribution in [2.24, 2.45) is 0 Å². The van der Waals surface area contributed by atoms with Gasteiger partial charge in [-0.1, -0.05) is 60.4 Å². The van der Waals surface area contributed by atoms with Gasteiger partial charge in [-0.05, 0) is 23.3 Å². The van der Waals surface area contributed by atoms with Crippen molar-refractivity contribution in [2.45, 2.75) is 0 Å². The molecular weight excluding hydrogens is 302 g/mol. The van der Waals surface area contributed by atoms with E-state index >= 15 is 0 Å². The lowest BCUT2D eigenvalue weighted by Crippen LogP contribution is -2.28. The number of thioether (sulfide) groups is 1. The maximum Gasteiger partial charge on any atom is 0.243 e. The molecule has 0 spiro atoms. The predicted molar refractivity (Wildman–Crippen MR) is 91.0 cm³/mol. The van der Waals surface area contributed by atoms with Gasteiger partial charge in [0, 0.05) is 0 Å². The molecule has 21 heavy (non-hydrogen) atoms. The summed E-state index contributed by atoms with van der Waals surface area (Å²) in [5.74, 6) is 1.03. The molecular formula is C16H13NO2S2. The van der Waals surface area contributed by atoms with Crippen molar-refractivity contribution >= 4 is 39.9 Å². The van der Waals surface area contributed by atoms with Gasteiger partial charge in [0.15, 0.2) is 0 Å². The number of carbonyl (C=O) groups is 1. The second-order valence-corrected chi connectivity index (χ2v) is 6.15. The highest BCUT2D eigenvalue weighted by Gasteiger charge is 2.30. The summed E-state index contributed by atoms with van der Waals surface area (Å²) in [5, 5.41) is 0. The van der Waals surface area contributed by atoms with E-state index in [2.05, 4.69) is 0 Å². The lowest BCUT2D eigenvalue weighted by atomic mass is 10.0. The van der Waals surface area contributed by atoms with Gasteiger partial charge >= 0.3 is 0 Å². The number of rotatable bonds is 3. The van der Waals surface area contributed by atoms with Crippen molar-refractivity contribution in [1.29, 1.82) is 0 Å². The summed E-state index contributed by atoms with van der Waals surface area (Å²) in [6.45, 7) is 0. The fourth-order valence-electron chi connectivity index (χ4n) is 2.26. The van der Waals surface area contributed by atoms with Crippen LogP contribution in [0.4, 0.5) is 5.69 Å². The summed E-state index contributed by atoms with van der Waals surface area (Å²) < 4.78 is 5.96. The maximum atomic E-state index is 12.1. The van der Waals surface area contributed by atoms with Gasteiger partial charge in [-0.15, -0.1) is 0 Å². The molecule has 3 rings (SSSR count). The highest BCUT2D eigenvalue weighted by Crippen LogP contribution is 2.37. The molecule has 1 amide bonds. The number of thiocarbonyl (C=S) groups is 1. The molecule has 1 saturated heterocycles. The Balaban J connectivity index is 2.10. The second kappa shape index (κ2) is 5.87. The summed E-state index contributed by atoms with van der Waals surface area (Å²) in [5.41, 5.74) is 2.82. The minimum Gasteiger partial charge on any atom is -0.495 e. The molecule has 0 aliphatic carbocycles. The number of nitrogens with zero attached hydrogens (tertiary/aromatic N) is 1. The fraction of sp³-hybridized carbons (Fsp3) is 0.125. The Morgan fingerprint density at radius 1 is 1.14 bits per heavy atom. The molecule has 1 heterocycles. The van der Waals surface area contributed by atoms with Crippen LogP contribution in [0.2, 0.25) is 0 Å². The molecule has 5 heteroatoms. The highest BCUT2D eigenvalue weighted by molar-refractivity contribution is 8.24. The first-order valence-electron chi connectivity index (χ1n) is 6.44. The van der Waals surface area contributed by atoms with Gasteiger partial charge in [0.2, 0.25) is 5.91 Å². The Hall–Kier alpha value is -1.85. The molecule has 1 aliphatic rings. The summed E-state index contributed by atoms with van der Waals surface area (Å²) in [4.78, 5) is 13.6. The smallest absolute Gasteiger partial charge is 0.243 e. The number of methoxy groups -OCH3 is 1. The molecule has 0 aromatic heterocycles. The fourth-order valence-corrected chi connectivity index (χ4v) is 3.34. The highest BCUT2D eigenvalue weighted by atomic mass is 32.2. The molecule has 3 nitrogen and oxygen atoms in total. The van der Waals surface area contributed by atoms with E-state index in [1.54, 1.807) is 12.0 Å². The first-order valence-corrected chi connectivity index (χ1v) is 7.83. The molecule has 0 bridgehead atoms. The molecule has 0 unspecified atom stereocenters. The minimum atomic E-state index is -0.00601. The van der Waals surface area contributed by atoms with Crippen LogP contribution in [-0.2, 0) is 4.79 Å². The molecule has 0 N–H and O–H groups in total. The van der Waals surface area contributed by atoms with Crippen LogP contribution in [0.15, 0.2) is 48.5 Å². The second-order valence-electron chi connectivity index (χ2n) is 4.54. The van der Waals surface area contributed by atoms with Gasteiger partial charge in [0.05, 0.1) is 18.6 Å². The van der Waals surface area contributed by atoms with Crippen molar-refractivity contribution in [1.82, 2.24) is 0 Å². The zero-order valence-electron chi connectivity index (χ0n) is 11.4. The largest absolute Gasteiger partial charge is 0.495 e. The molecule has 106 valence electrons. The number of benzene rings is 2. The van der Waals surface area contributed by atoms with Gasteiger partial charge in [0.25, 0.3) is 0 Å². The van der Waals surface area contributed by atoms with Crippen LogP contribution in [0.1, 0.15) is 0 Å². The van der Waals surface area contributed by atoms with Crippen LogP contribution >= 0.6 is 24.0 Å². The number of amides is 1. The third kappa shape index (κ3) is 2.66. The summed E-state index contributed by atoms with van der Waals surface area (Å²) in [7, 11) is 1.60. The van der Waals surface area contributed by atoms with Crippen molar-refractivity contribution in [3.8, 4) is 16.9 Å². The van der Waals surface area contributed by atoms with E-state index in [-0.39, 0.29) is 5.91 Å². The quantitative estimate of drug-likeness (QED) is 0.807. The summed E-state index contributed by atoms with van der Waals surface area (Å²) in [6.07, 6.45) is 0. The van der Waals surface area contributed by atoms with Gasteiger partial charge in [-0.3, -0.25) is 9.69 Å². The standard InChI is InChI=1S/C16H13NO2S2/c1-19-14-8-7-12(11-5-3-2-4-6-11)9-13(14)17-15(18)10-21-16(17)20/h2-9H,10H2,1H3. The van der Waals surface area contributed by atoms with Crippen LogP contribution in [-0.4, -0.2) is 23.1 Å². The van der Waals surface area contributed by atoms with Crippen LogP contribution in [0.25, 0.3) is 11.1 Å². The van der Waals surface area contributed by atoms with E-state index in [1.807, 2.05) is 48.5 Å². The van der Waals surface area contributed by atoms with Crippen LogP contribution < -0.4 is 9.64 Å². The monoisotopic (exact) mass is 315 g/mol. The van der Waals surface area contributed by atoms with E-state index < -0.39 is 0 Å². The Labute approximate surface area is 132 Å². The van der Waals surface area contributed by atoms with Crippen molar-refractivity contribution in [3.05, 3.63) is 48.5 Å². The molecule has 0 atom stereocenters. The van der Waals surface area contributed by atoms with Gasteiger partial charge in [-0.2, -0.15) is 0 Å². The summed E-state index contributed by atoms with van der Waals surface area (Å²) >= 11 is 6.66. The summed E-state index contributed by atoms with van der Waals surface area (Å²) in [6, 6.07) is 15.8. The van der Waals surface area contributed by atoms with Crippen molar-refractivity contribution in [2.75, 3.05) is 17.8 Å². The van der Waals surface area contributed by atoms with E-state index in [0.717, 1.165) is 11.1 Å². The third-order valence-electron chi connectivity index (χ3n) is 3.28. The molecule has 0 saturated carbocycles. The van der Waals surface area contributed by atoms with E-state index in [4.69, 9.17) is 17.0 Å². The average molecular weight is 315 g/mol. The average Bonchev–Trinajstić information content (AvgIpc) is 2.86. The Bertz CT molecular complexity index is 685. The van der Waals surface area contributed by atoms with Crippen molar-refractivity contribution < 1.29 is 9.53 Å². The molecule has 1 aliphatic heterocycles. The van der Waals surface area contributed by atoms with Gasteiger partial charge in [-0.25, -0.2) is 0 Å². The zero-order valence-corrected chi connectivity index (χ0v) is 13.0. The van der Waals surface area contributed by atoms with Crippen molar-refractivity contribution in [3.63, 3.8) is 0 Å². The lowest BCUT2D eigenvalue weighted by Gasteiger charge is -2.19. The SMILES string of the molecule is COc1ccc(-c2ccccc2)cc1N1C(=O)CSC1=S. The normalized spacial score (nSPS) is 14.6. The van der Waals surface area contributed by atoms with Crippen LogP contribution in [0, 0.1) is 0 Å². The first-order chi connectivity index (χ1) is 10.2. The number of hydrogen-bond acceptors (Lipinski definition) is 4. The number of ether oxygens (including phenoxy) is 1. The molecule has 0 radical (unpaired) electrons. The molecule has 1 fully saturated rings. The Kier molecular flexibility index (Phi) is 3.94. The van der Waals surface area contributed by atoms with Crippen LogP contribution in [0.3, 0.4) is 0 Å². The topological polar surface area (TPSA) is 29.5 Å².